The molecule has 2 aromatic rings. The number of fused-ring (bicyclic) bond motifs is 1. The number of hydrogen-bond acceptors (Lipinski definition) is 5. The van der Waals surface area contributed by atoms with Crippen LogP contribution in [0.1, 0.15) is 6.42 Å². The number of nitrogens with zero attached hydrogens (tertiary/aromatic N) is 2. The summed E-state index contributed by atoms with van der Waals surface area (Å²) in [4.78, 5) is 6.84. The third-order valence-electron chi connectivity index (χ3n) is 4.31. The van der Waals surface area contributed by atoms with E-state index in [4.69, 9.17) is 14.2 Å². The van der Waals surface area contributed by atoms with Crippen LogP contribution in [0.5, 0.6) is 5.75 Å². The highest BCUT2D eigenvalue weighted by molar-refractivity contribution is 5.95. The van der Waals surface area contributed by atoms with Crippen LogP contribution in [0.2, 0.25) is 0 Å². The lowest BCUT2D eigenvalue weighted by molar-refractivity contribution is 0.111. The smallest absolute Gasteiger partial charge is 0.145 e. The molecule has 0 unspecified atom stereocenters. The second kappa shape index (κ2) is 6.50. The molecular weight excluding hydrogens is 280 g/mol. The van der Waals surface area contributed by atoms with E-state index in [1.165, 1.54) is 0 Å². The normalized spacial score (nSPS) is 21.5. The van der Waals surface area contributed by atoms with Gasteiger partial charge < -0.3 is 19.1 Å². The van der Waals surface area contributed by atoms with E-state index >= 15 is 0 Å². The van der Waals surface area contributed by atoms with E-state index in [2.05, 4.69) is 22.0 Å². The van der Waals surface area contributed by atoms with Gasteiger partial charge in [0.05, 0.1) is 25.9 Å². The summed E-state index contributed by atoms with van der Waals surface area (Å²) in [5.74, 6) is 0.796. The van der Waals surface area contributed by atoms with E-state index < -0.39 is 0 Å². The molecule has 1 aromatic carbocycles. The summed E-state index contributed by atoms with van der Waals surface area (Å²) < 4.78 is 16.4. The minimum Gasteiger partial charge on any atom is -0.494 e. The number of ether oxygens (including phenoxy) is 3. The number of methoxy groups -OCH3 is 3. The number of para-hydroxylation sites is 1. The molecule has 1 fully saturated rings. The van der Waals surface area contributed by atoms with Crippen LogP contribution in [0.15, 0.2) is 30.5 Å². The molecular formula is C17H22N2O3. The van der Waals surface area contributed by atoms with Gasteiger partial charge in [0.15, 0.2) is 0 Å². The van der Waals surface area contributed by atoms with E-state index in [1.54, 1.807) is 21.3 Å². The Labute approximate surface area is 130 Å². The number of pyridine rings is 1. The number of benzene rings is 1. The number of rotatable bonds is 5. The van der Waals surface area contributed by atoms with Gasteiger partial charge in [-0.1, -0.05) is 12.1 Å². The van der Waals surface area contributed by atoms with Crippen molar-refractivity contribution >= 4 is 16.6 Å². The summed E-state index contributed by atoms with van der Waals surface area (Å²) in [6.07, 6.45) is 3.04. The maximum Gasteiger partial charge on any atom is 0.145 e. The molecule has 0 saturated carbocycles. The van der Waals surface area contributed by atoms with Gasteiger partial charge in [-0.25, -0.2) is 0 Å². The monoisotopic (exact) mass is 302 g/mol. The largest absolute Gasteiger partial charge is 0.494 e. The Hall–Kier alpha value is -1.85. The molecule has 118 valence electrons. The van der Waals surface area contributed by atoms with Crippen molar-refractivity contribution in [1.29, 1.82) is 0 Å². The molecule has 5 heteroatoms. The summed E-state index contributed by atoms with van der Waals surface area (Å²) in [7, 11) is 5.19. The van der Waals surface area contributed by atoms with Crippen molar-refractivity contribution < 1.29 is 14.2 Å². The standard InChI is InChI=1S/C17H22N2O3/c1-20-11-12-9-13(21-2)10-19(12)15-7-8-18-17-14(15)5-4-6-16(17)22-3/h4-8,12-13H,9-11H2,1-3H3/t12-,13-/m0/s1. The molecule has 3 rings (SSSR count). The van der Waals surface area contributed by atoms with Crippen LogP contribution in [-0.4, -0.2) is 51.6 Å². The van der Waals surface area contributed by atoms with Gasteiger partial charge in [-0.15, -0.1) is 0 Å². The van der Waals surface area contributed by atoms with Gasteiger partial charge in [0, 0.05) is 38.0 Å². The number of anilines is 1. The van der Waals surface area contributed by atoms with Crippen molar-refractivity contribution in [3.05, 3.63) is 30.5 Å². The average molecular weight is 302 g/mol. The summed E-state index contributed by atoms with van der Waals surface area (Å²) in [6.45, 7) is 1.55. The van der Waals surface area contributed by atoms with Gasteiger partial charge in [-0.05, 0) is 18.6 Å². The third kappa shape index (κ3) is 2.62. The fourth-order valence-electron chi connectivity index (χ4n) is 3.24. The molecule has 0 aliphatic carbocycles. The number of hydrogen-bond donors (Lipinski definition) is 0. The van der Waals surface area contributed by atoms with Gasteiger partial charge >= 0.3 is 0 Å². The second-order valence-corrected chi connectivity index (χ2v) is 5.54. The van der Waals surface area contributed by atoms with Gasteiger partial charge in [0.1, 0.15) is 11.3 Å². The minimum atomic E-state index is 0.231. The first kappa shape index (κ1) is 15.1. The second-order valence-electron chi connectivity index (χ2n) is 5.54. The Morgan fingerprint density at radius 2 is 2.09 bits per heavy atom. The van der Waals surface area contributed by atoms with Crippen molar-refractivity contribution in [3.8, 4) is 5.75 Å². The lowest BCUT2D eigenvalue weighted by Crippen LogP contribution is -2.33. The van der Waals surface area contributed by atoms with Crippen LogP contribution < -0.4 is 9.64 Å². The SMILES string of the molecule is COC[C@@H]1C[C@H](OC)CN1c1ccnc2c(OC)cccc12. The highest BCUT2D eigenvalue weighted by atomic mass is 16.5. The fourth-order valence-corrected chi connectivity index (χ4v) is 3.24. The Morgan fingerprint density at radius 1 is 1.23 bits per heavy atom. The topological polar surface area (TPSA) is 43.8 Å². The predicted molar refractivity (Wildman–Crippen MR) is 86.7 cm³/mol. The highest BCUT2D eigenvalue weighted by Crippen LogP contribution is 2.35. The first-order chi connectivity index (χ1) is 10.8. The Morgan fingerprint density at radius 3 is 2.82 bits per heavy atom. The third-order valence-corrected chi connectivity index (χ3v) is 4.31. The maximum atomic E-state index is 5.56. The summed E-state index contributed by atoms with van der Waals surface area (Å²) in [5, 5.41) is 1.10. The zero-order chi connectivity index (χ0) is 15.5. The first-order valence-electron chi connectivity index (χ1n) is 7.48. The Balaban J connectivity index is 2.05. The lowest BCUT2D eigenvalue weighted by atomic mass is 10.1. The van der Waals surface area contributed by atoms with Crippen molar-refractivity contribution in [2.75, 3.05) is 39.4 Å². The minimum absolute atomic E-state index is 0.231. The van der Waals surface area contributed by atoms with Crippen LogP contribution in [-0.2, 0) is 9.47 Å². The lowest BCUT2D eigenvalue weighted by Gasteiger charge is -2.27. The van der Waals surface area contributed by atoms with Gasteiger partial charge in [0.25, 0.3) is 0 Å². The molecule has 0 amide bonds. The Kier molecular flexibility index (Phi) is 4.45. The van der Waals surface area contributed by atoms with Crippen molar-refractivity contribution in [3.63, 3.8) is 0 Å². The summed E-state index contributed by atoms with van der Waals surface area (Å²) in [6, 6.07) is 8.40. The molecule has 1 aromatic heterocycles. The quantitative estimate of drug-likeness (QED) is 0.849. The van der Waals surface area contributed by atoms with Crippen molar-refractivity contribution in [2.45, 2.75) is 18.6 Å². The van der Waals surface area contributed by atoms with Crippen LogP contribution in [0.25, 0.3) is 10.9 Å². The molecule has 1 aliphatic heterocycles. The Bertz CT molecular complexity index is 647. The molecule has 2 heterocycles. The molecule has 2 atom stereocenters. The van der Waals surface area contributed by atoms with Gasteiger partial charge in [-0.3, -0.25) is 4.98 Å². The molecule has 0 spiro atoms. The van der Waals surface area contributed by atoms with E-state index in [-0.39, 0.29) is 6.10 Å². The summed E-state index contributed by atoms with van der Waals surface area (Å²) in [5.41, 5.74) is 2.05. The molecule has 0 radical (unpaired) electrons. The zero-order valence-corrected chi connectivity index (χ0v) is 13.3. The van der Waals surface area contributed by atoms with E-state index in [0.29, 0.717) is 12.6 Å². The molecule has 0 N–H and O–H groups in total. The molecule has 0 bridgehead atoms. The maximum absolute atomic E-state index is 5.56. The van der Waals surface area contributed by atoms with E-state index in [0.717, 1.165) is 35.3 Å². The molecule has 22 heavy (non-hydrogen) atoms. The molecule has 5 nitrogen and oxygen atoms in total. The van der Waals surface area contributed by atoms with Crippen LogP contribution >= 0.6 is 0 Å². The van der Waals surface area contributed by atoms with E-state index in [9.17, 15) is 0 Å². The first-order valence-corrected chi connectivity index (χ1v) is 7.48. The fraction of sp³-hybridized carbons (Fsp3) is 0.471. The predicted octanol–water partition coefficient (Wildman–Crippen LogP) is 2.48. The number of aromatic nitrogens is 1. The van der Waals surface area contributed by atoms with Crippen LogP contribution in [0.3, 0.4) is 0 Å². The zero-order valence-electron chi connectivity index (χ0n) is 13.3. The average Bonchev–Trinajstić information content (AvgIpc) is 2.97. The molecule has 1 saturated heterocycles. The highest BCUT2D eigenvalue weighted by Gasteiger charge is 2.33. The van der Waals surface area contributed by atoms with Gasteiger partial charge in [-0.2, -0.15) is 0 Å². The summed E-state index contributed by atoms with van der Waals surface area (Å²) >= 11 is 0. The van der Waals surface area contributed by atoms with Crippen LogP contribution in [0, 0.1) is 0 Å². The van der Waals surface area contributed by atoms with Crippen LogP contribution in [0.4, 0.5) is 5.69 Å². The van der Waals surface area contributed by atoms with E-state index in [1.807, 2.05) is 18.3 Å². The van der Waals surface area contributed by atoms with Gasteiger partial charge in [0.2, 0.25) is 0 Å². The molecule has 1 aliphatic rings. The van der Waals surface area contributed by atoms with Crippen molar-refractivity contribution in [2.24, 2.45) is 0 Å². The van der Waals surface area contributed by atoms with Crippen molar-refractivity contribution in [1.82, 2.24) is 4.98 Å².